The number of fused-ring (bicyclic) bond motifs is 12. The maximum Gasteiger partial charge on any atom is 0.169 e. The van der Waals surface area contributed by atoms with Gasteiger partial charge in [0, 0.05) is 48.8 Å². The van der Waals surface area contributed by atoms with Gasteiger partial charge in [-0.05, 0) is 36.4 Å². The average molecular weight is 753 g/mol. The molecule has 5 aromatic heterocycles. The first kappa shape index (κ1) is 31.8. The second kappa shape index (κ2) is 11.8. The standard InChI is InChI=1S/C52H28N6O/c53-29-32-26-44(57-40-23-10-8-19-34(40)38-27-39-36-22-13-21-35-33-18-7-11-24-41(33)58(48(35)36)43(39)28-42(38)57)47-37-20-9-12-25-45(37)59-49(47)46(32)52-55-50(30-14-3-1-4-15-30)54-51(56-52)31-16-5-2-6-17-31/h1-28H. The van der Waals surface area contributed by atoms with Crippen molar-refractivity contribution < 1.29 is 4.42 Å². The molecule has 0 radical (unpaired) electrons. The van der Waals surface area contributed by atoms with Crippen LogP contribution in [0.1, 0.15) is 5.56 Å². The van der Waals surface area contributed by atoms with Crippen molar-refractivity contribution in [3.63, 3.8) is 0 Å². The van der Waals surface area contributed by atoms with Gasteiger partial charge in [-0.15, -0.1) is 0 Å². The van der Waals surface area contributed by atoms with Crippen molar-refractivity contribution >= 4 is 81.8 Å². The van der Waals surface area contributed by atoms with Gasteiger partial charge in [-0.1, -0.05) is 133 Å². The molecule has 0 atom stereocenters. The summed E-state index contributed by atoms with van der Waals surface area (Å²) in [7, 11) is 0. The summed E-state index contributed by atoms with van der Waals surface area (Å²) in [6.45, 7) is 0. The third kappa shape index (κ3) is 4.37. The van der Waals surface area contributed by atoms with E-state index in [9.17, 15) is 5.26 Å². The Balaban J connectivity index is 1.17. The minimum Gasteiger partial charge on any atom is -0.455 e. The molecule has 0 unspecified atom stereocenters. The van der Waals surface area contributed by atoms with Crippen molar-refractivity contribution in [1.29, 1.82) is 5.26 Å². The second-order valence-electron chi connectivity index (χ2n) is 15.1. The first-order valence-electron chi connectivity index (χ1n) is 19.6. The average Bonchev–Trinajstić information content (AvgIpc) is 4.04. The third-order valence-electron chi connectivity index (χ3n) is 11.9. The first-order valence-corrected chi connectivity index (χ1v) is 19.6. The molecule has 5 heterocycles. The van der Waals surface area contributed by atoms with Crippen molar-refractivity contribution in [2.24, 2.45) is 0 Å². The highest BCUT2D eigenvalue weighted by atomic mass is 16.3. The van der Waals surface area contributed by atoms with Crippen LogP contribution in [0.15, 0.2) is 174 Å². The van der Waals surface area contributed by atoms with Crippen molar-refractivity contribution in [2.45, 2.75) is 0 Å². The van der Waals surface area contributed by atoms with Gasteiger partial charge in [-0.25, -0.2) is 15.0 Å². The number of nitriles is 1. The molecular weight excluding hydrogens is 725 g/mol. The van der Waals surface area contributed by atoms with Gasteiger partial charge in [0.1, 0.15) is 17.2 Å². The van der Waals surface area contributed by atoms with E-state index in [2.05, 4.69) is 100.0 Å². The predicted octanol–water partition coefficient (Wildman–Crippen LogP) is 12.9. The van der Waals surface area contributed by atoms with Gasteiger partial charge in [0.05, 0.1) is 49.8 Å². The molecule has 0 N–H and O–H groups in total. The van der Waals surface area contributed by atoms with Crippen LogP contribution in [-0.2, 0) is 0 Å². The van der Waals surface area contributed by atoms with E-state index in [1.54, 1.807) is 0 Å². The maximum absolute atomic E-state index is 11.1. The van der Waals surface area contributed by atoms with Gasteiger partial charge in [-0.3, -0.25) is 0 Å². The van der Waals surface area contributed by atoms with Crippen molar-refractivity contribution in [1.82, 2.24) is 23.9 Å². The molecular formula is C52H28N6O. The van der Waals surface area contributed by atoms with Gasteiger partial charge in [0.25, 0.3) is 0 Å². The minimum atomic E-state index is 0.367. The quantitative estimate of drug-likeness (QED) is 0.179. The van der Waals surface area contributed by atoms with E-state index in [1.165, 1.54) is 32.6 Å². The fourth-order valence-electron chi connectivity index (χ4n) is 9.44. The number of furan rings is 1. The highest BCUT2D eigenvalue weighted by Gasteiger charge is 2.27. The Morgan fingerprint density at radius 3 is 1.73 bits per heavy atom. The van der Waals surface area contributed by atoms with E-state index in [-0.39, 0.29) is 0 Å². The van der Waals surface area contributed by atoms with Crippen LogP contribution < -0.4 is 0 Å². The fourth-order valence-corrected chi connectivity index (χ4v) is 9.44. The summed E-state index contributed by atoms with van der Waals surface area (Å²) in [4.78, 5) is 15.1. The summed E-state index contributed by atoms with van der Waals surface area (Å²) in [5.41, 5.74) is 10.3. The van der Waals surface area contributed by atoms with Crippen molar-refractivity contribution in [3.8, 4) is 45.9 Å². The van der Waals surface area contributed by atoms with E-state index < -0.39 is 0 Å². The smallest absolute Gasteiger partial charge is 0.169 e. The van der Waals surface area contributed by atoms with E-state index in [0.717, 1.165) is 54.9 Å². The summed E-state index contributed by atoms with van der Waals surface area (Å²) >= 11 is 0. The summed E-state index contributed by atoms with van der Waals surface area (Å²) < 4.78 is 11.6. The normalized spacial score (nSPS) is 12.1. The Bertz CT molecular complexity index is 3850. The Kier molecular flexibility index (Phi) is 6.38. The molecule has 0 saturated carbocycles. The molecule has 0 amide bonds. The topological polar surface area (TPSA) is 84.9 Å². The Hall–Kier alpha value is -8.34. The molecule has 0 bridgehead atoms. The van der Waals surface area contributed by atoms with E-state index in [4.69, 9.17) is 19.4 Å². The predicted molar refractivity (Wildman–Crippen MR) is 237 cm³/mol. The molecule has 0 aliphatic heterocycles. The summed E-state index contributed by atoms with van der Waals surface area (Å²) in [6, 6.07) is 60.8. The second-order valence-corrected chi connectivity index (χ2v) is 15.1. The lowest BCUT2D eigenvalue weighted by molar-refractivity contribution is 0.669. The minimum absolute atomic E-state index is 0.367. The van der Waals surface area contributed by atoms with Crippen LogP contribution in [-0.4, -0.2) is 23.9 Å². The van der Waals surface area contributed by atoms with Crippen LogP contribution in [0.25, 0.3) is 122 Å². The molecule has 7 nitrogen and oxygen atoms in total. The number of aromatic nitrogens is 5. The van der Waals surface area contributed by atoms with Gasteiger partial charge in [0.2, 0.25) is 0 Å². The molecule has 13 aromatic rings. The lowest BCUT2D eigenvalue weighted by Gasteiger charge is -2.14. The summed E-state index contributed by atoms with van der Waals surface area (Å²) in [6.07, 6.45) is 0. The monoisotopic (exact) mass is 752 g/mol. The van der Waals surface area contributed by atoms with E-state index >= 15 is 0 Å². The lowest BCUT2D eigenvalue weighted by atomic mass is 10.00. The first-order chi connectivity index (χ1) is 29.2. The molecule has 0 saturated heterocycles. The van der Waals surface area contributed by atoms with Crippen LogP contribution in [0, 0.1) is 11.3 Å². The molecule has 8 aromatic carbocycles. The zero-order valence-corrected chi connectivity index (χ0v) is 31.3. The molecule has 0 aliphatic rings. The molecule has 13 rings (SSSR count). The van der Waals surface area contributed by atoms with Crippen LogP contribution in [0.3, 0.4) is 0 Å². The van der Waals surface area contributed by atoms with Crippen molar-refractivity contribution in [2.75, 3.05) is 0 Å². The maximum atomic E-state index is 11.1. The highest BCUT2D eigenvalue weighted by molar-refractivity contribution is 6.26. The number of rotatable bonds is 4. The van der Waals surface area contributed by atoms with E-state index in [1.807, 2.05) is 84.9 Å². The SMILES string of the molecule is N#Cc1cc(-n2c3ccccc3c3cc4c5cccc6c7ccccc7n(c4cc32)c65)c2c(oc3ccccc32)c1-c1nc(-c2ccccc2)nc(-c2ccccc2)n1. The summed E-state index contributed by atoms with van der Waals surface area (Å²) in [5, 5.41) is 20.1. The van der Waals surface area contributed by atoms with Crippen molar-refractivity contribution in [3.05, 3.63) is 175 Å². The van der Waals surface area contributed by atoms with Gasteiger partial charge in [0.15, 0.2) is 17.5 Å². The Morgan fingerprint density at radius 2 is 1.02 bits per heavy atom. The van der Waals surface area contributed by atoms with E-state index in [0.29, 0.717) is 39.8 Å². The number of para-hydroxylation sites is 4. The molecule has 7 heteroatoms. The molecule has 0 aliphatic carbocycles. The number of benzene rings is 8. The fraction of sp³-hybridized carbons (Fsp3) is 0. The number of hydrogen-bond donors (Lipinski definition) is 0. The largest absolute Gasteiger partial charge is 0.455 e. The molecule has 272 valence electrons. The molecule has 0 fully saturated rings. The number of nitrogens with zero attached hydrogens (tertiary/aromatic N) is 6. The van der Waals surface area contributed by atoms with Crippen LogP contribution >= 0.6 is 0 Å². The van der Waals surface area contributed by atoms with Gasteiger partial charge >= 0.3 is 0 Å². The zero-order valence-electron chi connectivity index (χ0n) is 31.3. The van der Waals surface area contributed by atoms with Crippen LogP contribution in [0.2, 0.25) is 0 Å². The third-order valence-corrected chi connectivity index (χ3v) is 11.9. The number of hydrogen-bond acceptors (Lipinski definition) is 5. The summed E-state index contributed by atoms with van der Waals surface area (Å²) in [5.74, 6) is 1.39. The van der Waals surface area contributed by atoms with Gasteiger partial charge in [-0.2, -0.15) is 5.26 Å². The van der Waals surface area contributed by atoms with Gasteiger partial charge < -0.3 is 13.4 Å². The van der Waals surface area contributed by atoms with Crippen LogP contribution in [0.5, 0.6) is 0 Å². The Morgan fingerprint density at radius 1 is 0.458 bits per heavy atom. The van der Waals surface area contributed by atoms with Crippen LogP contribution in [0.4, 0.5) is 0 Å². The molecule has 0 spiro atoms. The highest BCUT2D eigenvalue weighted by Crippen LogP contribution is 2.46. The zero-order chi connectivity index (χ0) is 38.8. The molecule has 59 heavy (non-hydrogen) atoms. The lowest BCUT2D eigenvalue weighted by Crippen LogP contribution is -2.03. The Labute approximate surface area is 335 Å².